The monoisotopic (exact) mass is 284 g/mol. The van der Waals surface area contributed by atoms with E-state index in [9.17, 15) is 0 Å². The first-order valence-electron chi connectivity index (χ1n) is 7.35. The number of rotatable bonds is 6. The van der Waals surface area contributed by atoms with E-state index in [1.54, 1.807) is 11.3 Å². The van der Waals surface area contributed by atoms with Crippen LogP contribution in [0.2, 0.25) is 0 Å². The number of hydrogen-bond donors (Lipinski definition) is 0. The Morgan fingerprint density at radius 1 is 1.39 bits per heavy atom. The zero-order valence-corrected chi connectivity index (χ0v) is 13.0. The van der Waals surface area contributed by atoms with Gasteiger partial charge in [0.05, 0.1) is 0 Å². The van der Waals surface area contributed by atoms with Crippen molar-refractivity contribution in [2.45, 2.75) is 58.3 Å². The van der Waals surface area contributed by atoms with Gasteiger partial charge in [-0.15, -0.1) is 11.6 Å². The molecule has 1 aromatic heterocycles. The van der Waals surface area contributed by atoms with Crippen molar-refractivity contribution >= 4 is 22.9 Å². The van der Waals surface area contributed by atoms with Gasteiger partial charge >= 0.3 is 0 Å². The summed E-state index contributed by atoms with van der Waals surface area (Å²) in [6.07, 6.45) is 10.8. The van der Waals surface area contributed by atoms with Gasteiger partial charge < -0.3 is 0 Å². The fourth-order valence-electron chi connectivity index (χ4n) is 3.26. The molecule has 0 N–H and O–H groups in total. The van der Waals surface area contributed by atoms with Crippen LogP contribution in [0, 0.1) is 11.3 Å². The Balaban J connectivity index is 1.87. The molecule has 1 aliphatic rings. The van der Waals surface area contributed by atoms with Crippen molar-refractivity contribution in [2.75, 3.05) is 5.88 Å². The Morgan fingerprint density at radius 2 is 2.17 bits per heavy atom. The Morgan fingerprint density at radius 3 is 2.72 bits per heavy atom. The number of halogens is 1. The van der Waals surface area contributed by atoms with Crippen LogP contribution in [0.4, 0.5) is 0 Å². The van der Waals surface area contributed by atoms with E-state index >= 15 is 0 Å². The lowest BCUT2D eigenvalue weighted by molar-refractivity contribution is 0.166. The van der Waals surface area contributed by atoms with Crippen molar-refractivity contribution in [1.29, 1.82) is 0 Å². The minimum absolute atomic E-state index is 0.394. The molecule has 1 aromatic rings. The number of alkyl halides is 1. The Labute approximate surface area is 121 Å². The molecule has 2 rings (SSSR count). The highest BCUT2D eigenvalue weighted by atomic mass is 35.5. The van der Waals surface area contributed by atoms with Gasteiger partial charge in [-0.05, 0) is 65.8 Å². The van der Waals surface area contributed by atoms with E-state index in [0.717, 1.165) is 11.8 Å². The second kappa shape index (κ2) is 6.96. The lowest BCUT2D eigenvalue weighted by atomic mass is 9.68. The van der Waals surface area contributed by atoms with E-state index in [1.165, 1.54) is 56.9 Å². The lowest BCUT2D eigenvalue weighted by Crippen LogP contribution is -2.31. The first-order chi connectivity index (χ1) is 8.78. The van der Waals surface area contributed by atoms with Crippen LogP contribution in [-0.4, -0.2) is 5.88 Å². The van der Waals surface area contributed by atoms with E-state index in [0.29, 0.717) is 5.41 Å². The third kappa shape index (κ3) is 3.74. The molecule has 0 aromatic carbocycles. The molecule has 0 saturated heterocycles. The van der Waals surface area contributed by atoms with Gasteiger partial charge in [0.1, 0.15) is 0 Å². The molecule has 0 unspecified atom stereocenters. The largest absolute Gasteiger partial charge is 0.152 e. The van der Waals surface area contributed by atoms with Gasteiger partial charge in [0, 0.05) is 5.88 Å². The molecule has 0 aliphatic heterocycles. The molecule has 18 heavy (non-hydrogen) atoms. The summed E-state index contributed by atoms with van der Waals surface area (Å²) in [5.74, 6) is 1.81. The fourth-order valence-corrected chi connectivity index (χ4v) is 4.29. The molecule has 0 radical (unpaired) electrons. The number of unbranched alkanes of at least 4 members (excludes halogenated alkanes) is 1. The molecule has 1 saturated carbocycles. The molecule has 0 atom stereocenters. The van der Waals surface area contributed by atoms with Gasteiger partial charge in [0.15, 0.2) is 0 Å². The summed E-state index contributed by atoms with van der Waals surface area (Å²) < 4.78 is 0. The summed E-state index contributed by atoms with van der Waals surface area (Å²) in [7, 11) is 0. The van der Waals surface area contributed by atoms with Crippen molar-refractivity contribution in [3.63, 3.8) is 0 Å². The van der Waals surface area contributed by atoms with Crippen LogP contribution in [0.5, 0.6) is 0 Å². The molecule has 0 amide bonds. The SMILES string of the molecule is CCCCC1CCC(CCl)(Cc2ccsc2)CC1. The quantitative estimate of drug-likeness (QED) is 0.571. The Kier molecular flexibility index (Phi) is 5.56. The normalized spacial score (nSPS) is 28.4. The van der Waals surface area contributed by atoms with Gasteiger partial charge in [-0.1, -0.05) is 26.2 Å². The van der Waals surface area contributed by atoms with Gasteiger partial charge in [0.2, 0.25) is 0 Å². The molecule has 102 valence electrons. The van der Waals surface area contributed by atoms with E-state index < -0.39 is 0 Å². The Bertz CT molecular complexity index is 323. The maximum atomic E-state index is 6.31. The van der Waals surface area contributed by atoms with Crippen molar-refractivity contribution < 1.29 is 0 Å². The average molecular weight is 285 g/mol. The summed E-state index contributed by atoms with van der Waals surface area (Å²) in [6, 6.07) is 2.27. The Hall–Kier alpha value is -0.0100. The molecule has 1 fully saturated rings. The third-order valence-corrected chi connectivity index (χ3v) is 5.87. The first-order valence-corrected chi connectivity index (χ1v) is 8.83. The summed E-state index contributed by atoms with van der Waals surface area (Å²) in [6.45, 7) is 2.29. The average Bonchev–Trinajstić information content (AvgIpc) is 2.91. The molecule has 2 heteroatoms. The number of hydrogen-bond acceptors (Lipinski definition) is 1. The topological polar surface area (TPSA) is 0 Å². The van der Waals surface area contributed by atoms with Gasteiger partial charge in [-0.2, -0.15) is 11.3 Å². The molecule has 0 nitrogen and oxygen atoms in total. The second-order valence-electron chi connectivity index (χ2n) is 6.03. The van der Waals surface area contributed by atoms with Gasteiger partial charge in [-0.25, -0.2) is 0 Å². The van der Waals surface area contributed by atoms with Crippen molar-refractivity contribution in [3.05, 3.63) is 22.4 Å². The summed E-state index contributed by atoms with van der Waals surface area (Å²) >= 11 is 8.12. The van der Waals surface area contributed by atoms with Crippen molar-refractivity contribution in [2.24, 2.45) is 11.3 Å². The van der Waals surface area contributed by atoms with E-state index in [4.69, 9.17) is 11.6 Å². The molecule has 0 spiro atoms. The van der Waals surface area contributed by atoms with Crippen LogP contribution in [0.25, 0.3) is 0 Å². The highest BCUT2D eigenvalue weighted by molar-refractivity contribution is 7.07. The molecule has 1 aliphatic carbocycles. The maximum Gasteiger partial charge on any atom is 0.0283 e. The molecular weight excluding hydrogens is 260 g/mol. The van der Waals surface area contributed by atoms with E-state index in [2.05, 4.69) is 23.8 Å². The predicted octanol–water partition coefficient (Wildman–Crippen LogP) is 5.90. The fraction of sp³-hybridized carbons (Fsp3) is 0.750. The standard InChI is InChI=1S/C16H25ClS/c1-2-3-4-14-5-8-16(13-17,9-6-14)11-15-7-10-18-12-15/h7,10,12,14H,2-6,8-9,11,13H2,1H3. The zero-order chi connectivity index (χ0) is 12.8. The first kappa shape index (κ1) is 14.4. The zero-order valence-electron chi connectivity index (χ0n) is 11.5. The van der Waals surface area contributed by atoms with Crippen molar-refractivity contribution in [3.8, 4) is 0 Å². The molecule has 1 heterocycles. The van der Waals surface area contributed by atoms with Crippen LogP contribution < -0.4 is 0 Å². The highest BCUT2D eigenvalue weighted by Crippen LogP contribution is 2.43. The van der Waals surface area contributed by atoms with Crippen LogP contribution >= 0.6 is 22.9 Å². The lowest BCUT2D eigenvalue weighted by Gasteiger charge is -2.39. The predicted molar refractivity (Wildman–Crippen MR) is 82.7 cm³/mol. The molecular formula is C16H25ClS. The summed E-state index contributed by atoms with van der Waals surface area (Å²) in [5, 5.41) is 4.47. The molecule has 0 bridgehead atoms. The van der Waals surface area contributed by atoms with Gasteiger partial charge in [0.25, 0.3) is 0 Å². The summed E-state index contributed by atoms with van der Waals surface area (Å²) in [5.41, 5.74) is 1.89. The third-order valence-electron chi connectivity index (χ3n) is 4.57. The highest BCUT2D eigenvalue weighted by Gasteiger charge is 2.34. The van der Waals surface area contributed by atoms with Crippen LogP contribution in [0.15, 0.2) is 16.8 Å². The van der Waals surface area contributed by atoms with Gasteiger partial charge in [-0.3, -0.25) is 0 Å². The van der Waals surface area contributed by atoms with Crippen molar-refractivity contribution in [1.82, 2.24) is 0 Å². The van der Waals surface area contributed by atoms with E-state index in [-0.39, 0.29) is 0 Å². The number of thiophene rings is 1. The smallest absolute Gasteiger partial charge is 0.0283 e. The van der Waals surface area contributed by atoms with Crippen LogP contribution in [-0.2, 0) is 6.42 Å². The minimum atomic E-state index is 0.394. The van der Waals surface area contributed by atoms with Crippen LogP contribution in [0.3, 0.4) is 0 Å². The minimum Gasteiger partial charge on any atom is -0.152 e. The van der Waals surface area contributed by atoms with Crippen LogP contribution in [0.1, 0.15) is 57.4 Å². The van der Waals surface area contributed by atoms with E-state index in [1.807, 2.05) is 0 Å². The summed E-state index contributed by atoms with van der Waals surface area (Å²) in [4.78, 5) is 0. The second-order valence-corrected chi connectivity index (χ2v) is 7.07. The maximum absolute atomic E-state index is 6.31.